The van der Waals surface area contributed by atoms with Gasteiger partial charge in [-0.1, -0.05) is 35.0 Å². The molecule has 1 aliphatic heterocycles. The van der Waals surface area contributed by atoms with E-state index in [0.29, 0.717) is 12.5 Å². The first-order chi connectivity index (χ1) is 9.94. The smallest absolute Gasteiger partial charge is 0.234 e. The molecule has 116 valence electrons. The van der Waals surface area contributed by atoms with E-state index in [0.717, 1.165) is 29.5 Å². The minimum absolute atomic E-state index is 0.0153. The number of likely N-dealkylation sites (tertiary alicyclic amines) is 1. The second-order valence-electron chi connectivity index (χ2n) is 6.14. The second kappa shape index (κ2) is 7.38. The van der Waals surface area contributed by atoms with Crippen LogP contribution in [0.4, 0.5) is 0 Å². The lowest BCUT2D eigenvalue weighted by atomic mass is 9.96. The van der Waals surface area contributed by atoms with E-state index < -0.39 is 0 Å². The van der Waals surface area contributed by atoms with E-state index in [1.165, 1.54) is 0 Å². The van der Waals surface area contributed by atoms with Gasteiger partial charge >= 0.3 is 0 Å². The van der Waals surface area contributed by atoms with Gasteiger partial charge in [0.2, 0.25) is 5.91 Å². The summed E-state index contributed by atoms with van der Waals surface area (Å²) in [4.78, 5) is 14.3. The minimum atomic E-state index is 0.0153. The maximum absolute atomic E-state index is 12.2. The number of nitrogens with zero attached hydrogens (tertiary/aromatic N) is 1. The number of carbonyl (C=O) groups is 1. The van der Waals surface area contributed by atoms with E-state index in [1.54, 1.807) is 0 Å². The van der Waals surface area contributed by atoms with E-state index in [-0.39, 0.29) is 18.0 Å². The van der Waals surface area contributed by atoms with Crippen LogP contribution in [0.5, 0.6) is 0 Å². The summed E-state index contributed by atoms with van der Waals surface area (Å²) >= 11 is 3.42. The van der Waals surface area contributed by atoms with Crippen molar-refractivity contribution in [2.24, 2.45) is 11.7 Å². The van der Waals surface area contributed by atoms with E-state index in [9.17, 15) is 4.79 Å². The Labute approximate surface area is 135 Å². The van der Waals surface area contributed by atoms with Crippen LogP contribution in [0.3, 0.4) is 0 Å². The highest BCUT2D eigenvalue weighted by Gasteiger charge is 2.24. The van der Waals surface area contributed by atoms with Gasteiger partial charge in [-0.3, -0.25) is 9.69 Å². The van der Waals surface area contributed by atoms with Gasteiger partial charge in [-0.15, -0.1) is 0 Å². The Morgan fingerprint density at radius 1 is 1.43 bits per heavy atom. The third-order valence-electron chi connectivity index (χ3n) is 3.88. The normalized spacial score (nSPS) is 24.6. The molecule has 0 aromatic heterocycles. The highest BCUT2D eigenvalue weighted by atomic mass is 79.9. The van der Waals surface area contributed by atoms with Gasteiger partial charge in [0.25, 0.3) is 0 Å². The molecular weight excluding hydrogens is 330 g/mol. The number of rotatable bonds is 4. The van der Waals surface area contributed by atoms with Crippen LogP contribution in [0, 0.1) is 5.92 Å². The zero-order chi connectivity index (χ0) is 15.4. The molecule has 4 nitrogen and oxygen atoms in total. The number of amides is 1. The molecule has 0 aliphatic carbocycles. The molecule has 3 unspecified atom stereocenters. The highest BCUT2D eigenvalue weighted by Crippen LogP contribution is 2.17. The average molecular weight is 354 g/mol. The van der Waals surface area contributed by atoms with Crippen molar-refractivity contribution in [2.75, 3.05) is 19.6 Å². The largest absolute Gasteiger partial charge is 0.348 e. The fourth-order valence-corrected chi connectivity index (χ4v) is 3.23. The summed E-state index contributed by atoms with van der Waals surface area (Å²) in [5, 5.41) is 3.06. The average Bonchev–Trinajstić information content (AvgIpc) is 2.37. The summed E-state index contributed by atoms with van der Waals surface area (Å²) in [5.74, 6) is 0.622. The van der Waals surface area contributed by atoms with Crippen molar-refractivity contribution in [3.05, 3.63) is 34.3 Å². The number of nitrogens with one attached hydrogen (secondary N) is 1. The molecule has 1 aromatic rings. The SMILES string of the molecule is CC1CC(N)CN(CC(=O)NC(C)c2ccc(Br)cc2)C1. The summed E-state index contributed by atoms with van der Waals surface area (Å²) in [7, 11) is 0. The summed E-state index contributed by atoms with van der Waals surface area (Å²) in [5.41, 5.74) is 7.13. The molecule has 3 N–H and O–H groups in total. The van der Waals surface area contributed by atoms with Crippen molar-refractivity contribution in [1.82, 2.24) is 10.2 Å². The van der Waals surface area contributed by atoms with Crippen LogP contribution in [0.25, 0.3) is 0 Å². The summed E-state index contributed by atoms with van der Waals surface area (Å²) in [6.07, 6.45) is 1.05. The van der Waals surface area contributed by atoms with Gasteiger partial charge in [0, 0.05) is 23.6 Å². The number of carbonyl (C=O) groups excluding carboxylic acids is 1. The lowest BCUT2D eigenvalue weighted by Gasteiger charge is -2.34. The predicted molar refractivity (Wildman–Crippen MR) is 88.9 cm³/mol. The predicted octanol–water partition coefficient (Wildman–Crippen LogP) is 2.30. The van der Waals surface area contributed by atoms with Crippen molar-refractivity contribution in [3.8, 4) is 0 Å². The third kappa shape index (κ3) is 5.09. The van der Waals surface area contributed by atoms with E-state index >= 15 is 0 Å². The van der Waals surface area contributed by atoms with Crippen molar-refractivity contribution < 1.29 is 4.79 Å². The summed E-state index contributed by atoms with van der Waals surface area (Å²) in [6, 6.07) is 8.22. The zero-order valence-corrected chi connectivity index (χ0v) is 14.3. The number of nitrogens with two attached hydrogens (primary N) is 1. The van der Waals surface area contributed by atoms with Crippen LogP contribution in [0.1, 0.15) is 31.9 Å². The number of hydrogen-bond donors (Lipinski definition) is 2. The number of hydrogen-bond acceptors (Lipinski definition) is 3. The van der Waals surface area contributed by atoms with E-state index in [1.807, 2.05) is 31.2 Å². The molecule has 1 aromatic carbocycles. The second-order valence-corrected chi connectivity index (χ2v) is 7.05. The first kappa shape index (κ1) is 16.5. The third-order valence-corrected chi connectivity index (χ3v) is 4.41. The fraction of sp³-hybridized carbons (Fsp3) is 0.562. The number of halogens is 1. The monoisotopic (exact) mass is 353 g/mol. The standard InChI is InChI=1S/C16H24BrN3O/c1-11-7-15(18)9-20(8-11)10-16(21)19-12(2)13-3-5-14(17)6-4-13/h3-6,11-12,15H,7-10,18H2,1-2H3,(H,19,21). The molecule has 0 bridgehead atoms. The number of benzene rings is 1. The Hall–Kier alpha value is -0.910. The van der Waals surface area contributed by atoms with E-state index in [2.05, 4.69) is 33.1 Å². The first-order valence-electron chi connectivity index (χ1n) is 7.47. The first-order valence-corrected chi connectivity index (χ1v) is 8.26. The molecule has 1 saturated heterocycles. The molecular formula is C16H24BrN3O. The van der Waals surface area contributed by atoms with E-state index in [4.69, 9.17) is 5.73 Å². The molecule has 3 atom stereocenters. The lowest BCUT2D eigenvalue weighted by Crippen LogP contribution is -2.49. The molecule has 2 rings (SSSR count). The maximum atomic E-state index is 12.2. The Morgan fingerprint density at radius 2 is 2.10 bits per heavy atom. The van der Waals surface area contributed by atoms with Crippen LogP contribution in [0.15, 0.2) is 28.7 Å². The van der Waals surface area contributed by atoms with Crippen molar-refractivity contribution in [1.29, 1.82) is 0 Å². The molecule has 21 heavy (non-hydrogen) atoms. The zero-order valence-electron chi connectivity index (χ0n) is 12.7. The fourth-order valence-electron chi connectivity index (χ4n) is 2.97. The molecule has 1 aliphatic rings. The van der Waals surface area contributed by atoms with Gasteiger partial charge in [0.05, 0.1) is 12.6 Å². The van der Waals surface area contributed by atoms with Gasteiger partial charge in [-0.05, 0) is 37.0 Å². The molecule has 1 fully saturated rings. The minimum Gasteiger partial charge on any atom is -0.348 e. The van der Waals surface area contributed by atoms with Crippen LogP contribution in [-0.2, 0) is 4.79 Å². The van der Waals surface area contributed by atoms with Gasteiger partial charge in [0.1, 0.15) is 0 Å². The Morgan fingerprint density at radius 3 is 2.71 bits per heavy atom. The molecule has 0 saturated carbocycles. The molecule has 5 heteroatoms. The van der Waals surface area contributed by atoms with Crippen LogP contribution in [-0.4, -0.2) is 36.5 Å². The van der Waals surface area contributed by atoms with Crippen molar-refractivity contribution >= 4 is 21.8 Å². The van der Waals surface area contributed by atoms with Crippen LogP contribution >= 0.6 is 15.9 Å². The van der Waals surface area contributed by atoms with Crippen molar-refractivity contribution in [2.45, 2.75) is 32.4 Å². The van der Waals surface area contributed by atoms with Crippen molar-refractivity contribution in [3.63, 3.8) is 0 Å². The number of piperidine rings is 1. The van der Waals surface area contributed by atoms with Crippen LogP contribution < -0.4 is 11.1 Å². The highest BCUT2D eigenvalue weighted by molar-refractivity contribution is 9.10. The Kier molecular flexibility index (Phi) is 5.79. The van der Waals surface area contributed by atoms with Gasteiger partial charge in [-0.25, -0.2) is 0 Å². The molecule has 0 spiro atoms. The molecule has 1 heterocycles. The quantitative estimate of drug-likeness (QED) is 0.872. The van der Waals surface area contributed by atoms with Gasteiger partial charge in [-0.2, -0.15) is 0 Å². The molecule has 1 amide bonds. The lowest BCUT2D eigenvalue weighted by molar-refractivity contribution is -0.123. The maximum Gasteiger partial charge on any atom is 0.234 e. The summed E-state index contributed by atoms with van der Waals surface area (Å²) < 4.78 is 1.04. The summed E-state index contributed by atoms with van der Waals surface area (Å²) in [6.45, 7) is 6.39. The molecule has 0 radical (unpaired) electrons. The Bertz CT molecular complexity index is 467. The van der Waals surface area contributed by atoms with Gasteiger partial charge < -0.3 is 11.1 Å². The topological polar surface area (TPSA) is 58.4 Å². The van der Waals surface area contributed by atoms with Gasteiger partial charge in [0.15, 0.2) is 0 Å². The van der Waals surface area contributed by atoms with Crippen LogP contribution in [0.2, 0.25) is 0 Å². The Balaban J connectivity index is 1.85.